The molecular formula is C15H21N3O2S. The number of rotatable bonds is 6. The summed E-state index contributed by atoms with van der Waals surface area (Å²) >= 11 is 1.68. The number of aromatic nitrogens is 1. The van der Waals surface area contributed by atoms with E-state index in [9.17, 15) is 4.79 Å². The van der Waals surface area contributed by atoms with Gasteiger partial charge in [-0.25, -0.2) is 4.98 Å². The van der Waals surface area contributed by atoms with Crippen molar-refractivity contribution in [1.29, 1.82) is 0 Å². The third-order valence-electron chi connectivity index (χ3n) is 3.35. The number of nitrogens with zero attached hydrogens (tertiary/aromatic N) is 3. The van der Waals surface area contributed by atoms with E-state index in [1.54, 1.807) is 18.3 Å². The Morgan fingerprint density at radius 3 is 2.62 bits per heavy atom. The number of likely N-dealkylation sites (N-methyl/N-ethyl adjacent to an activating group) is 1. The first-order valence-electron chi connectivity index (χ1n) is 6.86. The van der Waals surface area contributed by atoms with E-state index in [-0.39, 0.29) is 5.91 Å². The molecule has 114 valence electrons. The highest BCUT2D eigenvalue weighted by Gasteiger charge is 2.22. The van der Waals surface area contributed by atoms with Crippen LogP contribution in [0.3, 0.4) is 0 Å². The van der Waals surface area contributed by atoms with Crippen LogP contribution in [0.15, 0.2) is 22.3 Å². The first kappa shape index (κ1) is 15.7. The fourth-order valence-corrected chi connectivity index (χ4v) is 2.88. The van der Waals surface area contributed by atoms with Crippen LogP contribution in [-0.4, -0.2) is 47.9 Å². The zero-order valence-electron chi connectivity index (χ0n) is 12.9. The maximum absolute atomic E-state index is 12.7. The Hall–Kier alpha value is -1.66. The van der Waals surface area contributed by atoms with E-state index in [2.05, 4.69) is 28.3 Å². The van der Waals surface area contributed by atoms with Gasteiger partial charge in [-0.05, 0) is 45.0 Å². The van der Waals surface area contributed by atoms with E-state index in [0.717, 1.165) is 6.54 Å². The maximum Gasteiger partial charge on any atom is 0.291 e. The van der Waals surface area contributed by atoms with Crippen LogP contribution in [0.2, 0.25) is 0 Å². The van der Waals surface area contributed by atoms with E-state index in [1.165, 1.54) is 16.8 Å². The van der Waals surface area contributed by atoms with Crippen molar-refractivity contribution < 1.29 is 9.21 Å². The third kappa shape index (κ3) is 3.92. The Bertz CT molecular complexity index is 604. The SMILES string of the molecule is Cc1ccsc1CN(CCN(C)C)C(=O)c1ocnc1C. The van der Waals surface area contributed by atoms with E-state index < -0.39 is 0 Å². The second-order valence-electron chi connectivity index (χ2n) is 5.32. The molecule has 0 bridgehead atoms. The number of carbonyl (C=O) groups excluding carboxylic acids is 1. The van der Waals surface area contributed by atoms with Gasteiger partial charge in [-0.1, -0.05) is 0 Å². The van der Waals surface area contributed by atoms with E-state index in [0.29, 0.717) is 24.5 Å². The number of amides is 1. The lowest BCUT2D eigenvalue weighted by Crippen LogP contribution is -2.36. The average molecular weight is 307 g/mol. The van der Waals surface area contributed by atoms with Gasteiger partial charge in [-0.2, -0.15) is 0 Å². The molecule has 6 heteroatoms. The van der Waals surface area contributed by atoms with Gasteiger partial charge in [0.15, 0.2) is 6.39 Å². The molecule has 0 saturated carbocycles. The van der Waals surface area contributed by atoms with Gasteiger partial charge in [0, 0.05) is 18.0 Å². The molecule has 0 fully saturated rings. The van der Waals surface area contributed by atoms with Crippen molar-refractivity contribution in [1.82, 2.24) is 14.8 Å². The molecule has 0 aliphatic rings. The molecule has 5 nitrogen and oxygen atoms in total. The summed E-state index contributed by atoms with van der Waals surface area (Å²) in [5, 5.41) is 2.05. The number of aryl methyl sites for hydroxylation is 2. The molecule has 0 saturated heterocycles. The molecule has 2 rings (SSSR count). The van der Waals surface area contributed by atoms with Crippen molar-refractivity contribution in [2.45, 2.75) is 20.4 Å². The molecule has 21 heavy (non-hydrogen) atoms. The zero-order chi connectivity index (χ0) is 15.4. The van der Waals surface area contributed by atoms with Crippen LogP contribution in [0.5, 0.6) is 0 Å². The summed E-state index contributed by atoms with van der Waals surface area (Å²) in [6.07, 6.45) is 1.32. The highest BCUT2D eigenvalue weighted by Crippen LogP contribution is 2.19. The highest BCUT2D eigenvalue weighted by molar-refractivity contribution is 7.10. The molecule has 2 aromatic heterocycles. The monoisotopic (exact) mass is 307 g/mol. The van der Waals surface area contributed by atoms with E-state index in [1.807, 2.05) is 19.0 Å². The first-order valence-corrected chi connectivity index (χ1v) is 7.74. The highest BCUT2D eigenvalue weighted by atomic mass is 32.1. The molecular weight excluding hydrogens is 286 g/mol. The Morgan fingerprint density at radius 1 is 1.33 bits per heavy atom. The summed E-state index contributed by atoms with van der Waals surface area (Å²) in [5.41, 5.74) is 1.86. The van der Waals surface area contributed by atoms with Crippen LogP contribution in [0.4, 0.5) is 0 Å². The average Bonchev–Trinajstić information content (AvgIpc) is 3.02. The van der Waals surface area contributed by atoms with E-state index >= 15 is 0 Å². The molecule has 0 unspecified atom stereocenters. The molecule has 1 amide bonds. The van der Waals surface area contributed by atoms with Crippen molar-refractivity contribution in [3.63, 3.8) is 0 Å². The fourth-order valence-electron chi connectivity index (χ4n) is 1.96. The standard InChI is InChI=1S/C15H21N3O2S/c1-11-5-8-21-13(11)9-18(7-6-17(3)4)15(19)14-12(2)16-10-20-14/h5,8,10H,6-7,9H2,1-4H3. The minimum atomic E-state index is -0.0975. The first-order chi connectivity index (χ1) is 9.99. The number of thiophene rings is 1. The van der Waals surface area contributed by atoms with Crippen molar-refractivity contribution in [3.05, 3.63) is 39.7 Å². The Labute approximate surface area is 129 Å². The summed E-state index contributed by atoms with van der Waals surface area (Å²) in [6, 6.07) is 2.08. The maximum atomic E-state index is 12.7. The van der Waals surface area contributed by atoms with Crippen molar-refractivity contribution in [2.24, 2.45) is 0 Å². The van der Waals surface area contributed by atoms with Gasteiger partial charge < -0.3 is 14.2 Å². The van der Waals surface area contributed by atoms with Crippen LogP contribution < -0.4 is 0 Å². The number of hydrogen-bond donors (Lipinski definition) is 0. The second kappa shape index (κ2) is 6.87. The molecule has 0 radical (unpaired) electrons. The normalized spacial score (nSPS) is 11.1. The lowest BCUT2D eigenvalue weighted by molar-refractivity contribution is 0.0700. The van der Waals surface area contributed by atoms with Gasteiger partial charge in [0.2, 0.25) is 5.76 Å². The van der Waals surface area contributed by atoms with Crippen LogP contribution in [-0.2, 0) is 6.54 Å². The minimum absolute atomic E-state index is 0.0975. The molecule has 0 aromatic carbocycles. The quantitative estimate of drug-likeness (QED) is 0.823. The largest absolute Gasteiger partial charge is 0.438 e. The van der Waals surface area contributed by atoms with E-state index in [4.69, 9.17) is 4.42 Å². The summed E-state index contributed by atoms with van der Waals surface area (Å²) in [4.78, 5) is 21.8. The van der Waals surface area contributed by atoms with Crippen molar-refractivity contribution >= 4 is 17.2 Å². The molecule has 0 aliphatic heterocycles. The Kier molecular flexibility index (Phi) is 5.14. The second-order valence-corrected chi connectivity index (χ2v) is 6.32. The predicted octanol–water partition coefficient (Wildman–Crippen LogP) is 2.56. The van der Waals surface area contributed by atoms with Crippen LogP contribution in [0.1, 0.15) is 26.7 Å². The summed E-state index contributed by atoms with van der Waals surface area (Å²) < 4.78 is 5.25. The smallest absolute Gasteiger partial charge is 0.291 e. The fraction of sp³-hybridized carbons (Fsp3) is 0.467. The molecule has 0 atom stereocenters. The van der Waals surface area contributed by atoms with Crippen molar-refractivity contribution in [3.8, 4) is 0 Å². The zero-order valence-corrected chi connectivity index (χ0v) is 13.7. The lowest BCUT2D eigenvalue weighted by atomic mass is 10.2. The minimum Gasteiger partial charge on any atom is -0.438 e. The van der Waals surface area contributed by atoms with Crippen LogP contribution in [0.25, 0.3) is 0 Å². The number of oxazole rings is 1. The lowest BCUT2D eigenvalue weighted by Gasteiger charge is -2.23. The van der Waals surface area contributed by atoms with Gasteiger partial charge in [0.25, 0.3) is 5.91 Å². The van der Waals surface area contributed by atoms with Gasteiger partial charge in [0.05, 0.1) is 12.2 Å². The Morgan fingerprint density at radius 2 is 2.10 bits per heavy atom. The predicted molar refractivity (Wildman–Crippen MR) is 83.6 cm³/mol. The molecule has 2 heterocycles. The molecule has 2 aromatic rings. The molecule has 0 aliphatic carbocycles. The Balaban J connectivity index is 2.17. The molecule has 0 spiro atoms. The van der Waals surface area contributed by atoms with Gasteiger partial charge >= 0.3 is 0 Å². The van der Waals surface area contributed by atoms with Crippen molar-refractivity contribution in [2.75, 3.05) is 27.2 Å². The number of carbonyl (C=O) groups is 1. The topological polar surface area (TPSA) is 49.6 Å². The van der Waals surface area contributed by atoms with Crippen LogP contribution >= 0.6 is 11.3 Å². The molecule has 0 N–H and O–H groups in total. The summed E-state index contributed by atoms with van der Waals surface area (Å²) in [7, 11) is 4.00. The van der Waals surface area contributed by atoms with Crippen LogP contribution in [0, 0.1) is 13.8 Å². The third-order valence-corrected chi connectivity index (χ3v) is 4.35. The van der Waals surface area contributed by atoms with Gasteiger partial charge in [-0.3, -0.25) is 4.79 Å². The summed E-state index contributed by atoms with van der Waals surface area (Å²) in [5.74, 6) is 0.239. The van der Waals surface area contributed by atoms with Gasteiger partial charge in [0.1, 0.15) is 0 Å². The van der Waals surface area contributed by atoms with Gasteiger partial charge in [-0.15, -0.1) is 11.3 Å². The summed E-state index contributed by atoms with van der Waals surface area (Å²) in [6.45, 7) is 5.93. The number of hydrogen-bond acceptors (Lipinski definition) is 5.